The quantitative estimate of drug-likeness (QED) is 0.242. The Morgan fingerprint density at radius 2 is 1.81 bits per heavy atom. The smallest absolute Gasteiger partial charge is 0.311 e. The molecule has 0 bridgehead atoms. The number of allylic oxidation sites excluding steroid dienone is 1. The Kier molecular flexibility index (Phi) is 6.31. The number of rotatable bonds is 8. The molecule has 10 heteroatoms. The van der Waals surface area contributed by atoms with Gasteiger partial charge in [-0.1, -0.05) is 0 Å². The van der Waals surface area contributed by atoms with E-state index in [9.17, 15) is 25.0 Å². The van der Waals surface area contributed by atoms with E-state index in [1.165, 1.54) is 43.5 Å². The van der Waals surface area contributed by atoms with Crippen LogP contribution < -0.4 is 10.1 Å². The van der Waals surface area contributed by atoms with Gasteiger partial charge in [0.15, 0.2) is 11.5 Å². The van der Waals surface area contributed by atoms with Crippen LogP contribution >= 0.6 is 0 Å². The zero-order valence-corrected chi connectivity index (χ0v) is 16.2. The third-order valence-electron chi connectivity index (χ3n) is 4.25. The first-order valence-electron chi connectivity index (χ1n) is 8.90. The molecule has 0 aliphatic carbocycles. The summed E-state index contributed by atoms with van der Waals surface area (Å²) in [5.74, 6) is 0.0596. The summed E-state index contributed by atoms with van der Waals surface area (Å²) in [6, 6.07) is 13.2. The van der Waals surface area contributed by atoms with Crippen molar-refractivity contribution in [2.24, 2.45) is 0 Å². The molecule has 0 radical (unpaired) electrons. The molecule has 0 fully saturated rings. The van der Waals surface area contributed by atoms with Gasteiger partial charge in [-0.15, -0.1) is 0 Å². The number of nitro groups is 2. The number of non-ortho nitro benzene ring substituents is 1. The van der Waals surface area contributed by atoms with Crippen LogP contribution in [0.15, 0.2) is 66.9 Å². The molecule has 0 unspecified atom stereocenters. The fraction of sp³-hybridized carbons (Fsp3) is 0.0476. The van der Waals surface area contributed by atoms with Crippen molar-refractivity contribution in [1.29, 1.82) is 0 Å². The van der Waals surface area contributed by atoms with Gasteiger partial charge in [-0.2, -0.15) is 0 Å². The van der Waals surface area contributed by atoms with Crippen LogP contribution in [0.25, 0.3) is 6.08 Å². The van der Waals surface area contributed by atoms with Crippen molar-refractivity contribution in [3.05, 3.63) is 98.2 Å². The Morgan fingerprint density at radius 1 is 1.06 bits per heavy atom. The zero-order chi connectivity index (χ0) is 22.4. The van der Waals surface area contributed by atoms with Gasteiger partial charge < -0.3 is 10.1 Å². The number of ketones is 1. The lowest BCUT2D eigenvalue weighted by atomic mass is 10.1. The number of hydrogen-bond acceptors (Lipinski definition) is 8. The number of methoxy groups -OCH3 is 1. The molecule has 1 aromatic heterocycles. The molecule has 1 heterocycles. The number of nitrogens with zero attached hydrogens (tertiary/aromatic N) is 3. The maximum atomic E-state index is 12.5. The highest BCUT2D eigenvalue weighted by molar-refractivity contribution is 6.07. The molecule has 156 valence electrons. The molecule has 0 aliphatic rings. The second-order valence-electron chi connectivity index (χ2n) is 6.21. The second-order valence-corrected chi connectivity index (χ2v) is 6.21. The Balaban J connectivity index is 1.81. The summed E-state index contributed by atoms with van der Waals surface area (Å²) >= 11 is 0. The standard InChI is InChI=1S/C21H16N4O6/c1-31-20-11-5-15(13-18(20)25(29)30)19(26)10-4-14-3-2-12-22-21(14)23-16-6-8-17(9-7-16)24(27)28/h2-13H,1H3,(H,22,23)/b10-4+. The first-order chi connectivity index (χ1) is 14.9. The molecule has 0 saturated carbocycles. The fourth-order valence-corrected chi connectivity index (χ4v) is 2.71. The van der Waals surface area contributed by atoms with Crippen molar-refractivity contribution in [3.63, 3.8) is 0 Å². The van der Waals surface area contributed by atoms with Gasteiger partial charge >= 0.3 is 5.69 Å². The van der Waals surface area contributed by atoms with Crippen molar-refractivity contribution in [1.82, 2.24) is 4.98 Å². The Bertz CT molecular complexity index is 1170. The monoisotopic (exact) mass is 420 g/mol. The summed E-state index contributed by atoms with van der Waals surface area (Å²) in [5, 5.41) is 25.0. The van der Waals surface area contributed by atoms with Crippen LogP contribution in [0.1, 0.15) is 15.9 Å². The third-order valence-corrected chi connectivity index (χ3v) is 4.25. The maximum Gasteiger partial charge on any atom is 0.311 e. The summed E-state index contributed by atoms with van der Waals surface area (Å²) in [7, 11) is 1.31. The Hall–Kier alpha value is -4.60. The highest BCUT2D eigenvalue weighted by Crippen LogP contribution is 2.28. The molecule has 0 aliphatic heterocycles. The van der Waals surface area contributed by atoms with Crippen molar-refractivity contribution < 1.29 is 19.4 Å². The van der Waals surface area contributed by atoms with Crippen molar-refractivity contribution in [2.45, 2.75) is 0 Å². The normalized spacial score (nSPS) is 10.6. The number of ether oxygens (including phenoxy) is 1. The number of nitrogens with one attached hydrogen (secondary N) is 1. The molecule has 0 amide bonds. The predicted octanol–water partition coefficient (Wildman–Crippen LogP) is 4.55. The van der Waals surface area contributed by atoms with Crippen LogP contribution in [0.4, 0.5) is 22.9 Å². The van der Waals surface area contributed by atoms with E-state index in [1.807, 2.05) is 0 Å². The summed E-state index contributed by atoms with van der Waals surface area (Å²) in [6.45, 7) is 0. The van der Waals surface area contributed by atoms with E-state index in [-0.39, 0.29) is 22.7 Å². The van der Waals surface area contributed by atoms with E-state index in [0.717, 1.165) is 6.07 Å². The van der Waals surface area contributed by atoms with Crippen LogP contribution in [-0.4, -0.2) is 27.7 Å². The van der Waals surface area contributed by atoms with Crippen LogP contribution in [0, 0.1) is 20.2 Å². The van der Waals surface area contributed by atoms with E-state index in [0.29, 0.717) is 17.1 Å². The van der Waals surface area contributed by atoms with E-state index >= 15 is 0 Å². The summed E-state index contributed by atoms with van der Waals surface area (Å²) < 4.78 is 4.94. The SMILES string of the molecule is COc1ccc(C(=O)/C=C/c2cccnc2Nc2ccc([N+](=O)[O-])cc2)cc1[N+](=O)[O-]. The van der Waals surface area contributed by atoms with E-state index < -0.39 is 15.6 Å². The summed E-state index contributed by atoms with van der Waals surface area (Å²) in [5.41, 5.74) is 0.959. The van der Waals surface area contributed by atoms with Gasteiger partial charge in [0.05, 0.1) is 17.0 Å². The van der Waals surface area contributed by atoms with Gasteiger partial charge in [-0.05, 0) is 48.6 Å². The fourth-order valence-electron chi connectivity index (χ4n) is 2.71. The lowest BCUT2D eigenvalue weighted by molar-refractivity contribution is -0.385. The van der Waals surface area contributed by atoms with Gasteiger partial charge in [-0.3, -0.25) is 25.0 Å². The molecule has 31 heavy (non-hydrogen) atoms. The van der Waals surface area contributed by atoms with Crippen molar-refractivity contribution in [2.75, 3.05) is 12.4 Å². The molecule has 3 rings (SSSR count). The van der Waals surface area contributed by atoms with Crippen molar-refractivity contribution in [3.8, 4) is 5.75 Å². The number of aromatic nitrogens is 1. The van der Waals surface area contributed by atoms with Gasteiger partial charge in [0, 0.05) is 41.2 Å². The molecule has 10 nitrogen and oxygen atoms in total. The molecule has 2 aromatic carbocycles. The van der Waals surface area contributed by atoms with Crippen LogP contribution in [0.5, 0.6) is 5.75 Å². The van der Waals surface area contributed by atoms with E-state index in [2.05, 4.69) is 10.3 Å². The number of anilines is 2. The average Bonchev–Trinajstić information content (AvgIpc) is 2.78. The minimum atomic E-state index is -0.618. The number of pyridine rings is 1. The van der Waals surface area contributed by atoms with Crippen molar-refractivity contribution >= 4 is 34.7 Å². The first kappa shape index (κ1) is 21.1. The number of carbonyl (C=O) groups excluding carboxylic acids is 1. The Labute approximate surface area is 176 Å². The highest BCUT2D eigenvalue weighted by Gasteiger charge is 2.17. The maximum absolute atomic E-state index is 12.5. The van der Waals surface area contributed by atoms with E-state index in [1.54, 1.807) is 30.5 Å². The lowest BCUT2D eigenvalue weighted by Gasteiger charge is -2.08. The topological polar surface area (TPSA) is 138 Å². The summed E-state index contributed by atoms with van der Waals surface area (Å²) in [4.78, 5) is 37.6. The third kappa shape index (κ3) is 5.07. The molecule has 0 spiro atoms. The molecular weight excluding hydrogens is 404 g/mol. The minimum absolute atomic E-state index is 0.0362. The molecular formula is C21H16N4O6. The van der Waals surface area contributed by atoms with Gasteiger partial charge in [-0.25, -0.2) is 4.98 Å². The first-order valence-corrected chi connectivity index (χ1v) is 8.90. The van der Waals surface area contributed by atoms with Gasteiger partial charge in [0.2, 0.25) is 0 Å². The number of carbonyl (C=O) groups is 1. The van der Waals surface area contributed by atoms with Crippen LogP contribution in [-0.2, 0) is 0 Å². The summed E-state index contributed by atoms with van der Waals surface area (Å²) in [6.07, 6.45) is 4.36. The minimum Gasteiger partial charge on any atom is -0.490 e. The second kappa shape index (κ2) is 9.27. The van der Waals surface area contributed by atoms with E-state index in [4.69, 9.17) is 4.74 Å². The number of hydrogen-bond donors (Lipinski definition) is 1. The van der Waals surface area contributed by atoms with Crippen LogP contribution in [0.2, 0.25) is 0 Å². The Morgan fingerprint density at radius 3 is 2.45 bits per heavy atom. The zero-order valence-electron chi connectivity index (χ0n) is 16.2. The average molecular weight is 420 g/mol. The highest BCUT2D eigenvalue weighted by atomic mass is 16.6. The van der Waals surface area contributed by atoms with Gasteiger partial charge in [0.1, 0.15) is 5.82 Å². The van der Waals surface area contributed by atoms with Gasteiger partial charge in [0.25, 0.3) is 5.69 Å². The number of benzene rings is 2. The predicted molar refractivity (Wildman–Crippen MR) is 114 cm³/mol. The number of nitro benzene ring substituents is 2. The molecule has 0 atom stereocenters. The lowest BCUT2D eigenvalue weighted by Crippen LogP contribution is -2.00. The molecule has 0 saturated heterocycles. The molecule has 1 N–H and O–H groups in total. The largest absolute Gasteiger partial charge is 0.490 e. The van der Waals surface area contributed by atoms with Crippen LogP contribution in [0.3, 0.4) is 0 Å². The molecule has 3 aromatic rings.